The number of pyridine rings is 1. The fourth-order valence-corrected chi connectivity index (χ4v) is 4.41. The zero-order chi connectivity index (χ0) is 19.6. The monoisotopic (exact) mass is 406 g/mol. The van der Waals surface area contributed by atoms with Gasteiger partial charge in [0.1, 0.15) is 17.5 Å². The van der Waals surface area contributed by atoms with Crippen LogP contribution in [0.25, 0.3) is 16.6 Å². The SMILES string of the molecule is COc1ccc(-c2ccc3c(C4CN(Cc5ccsc5)CCO4)nnn3c2)cc1. The van der Waals surface area contributed by atoms with Gasteiger partial charge in [-0.1, -0.05) is 23.4 Å². The van der Waals surface area contributed by atoms with E-state index in [1.165, 1.54) is 5.56 Å². The van der Waals surface area contributed by atoms with Crippen molar-refractivity contribution in [1.29, 1.82) is 0 Å². The van der Waals surface area contributed by atoms with E-state index in [4.69, 9.17) is 9.47 Å². The minimum absolute atomic E-state index is 0.0632. The molecule has 0 N–H and O–H groups in total. The van der Waals surface area contributed by atoms with Crippen LogP contribution in [0.1, 0.15) is 17.4 Å². The lowest BCUT2D eigenvalue weighted by Gasteiger charge is -2.31. The summed E-state index contributed by atoms with van der Waals surface area (Å²) in [7, 11) is 1.67. The minimum atomic E-state index is -0.0632. The minimum Gasteiger partial charge on any atom is -0.497 e. The van der Waals surface area contributed by atoms with Gasteiger partial charge in [-0.3, -0.25) is 4.90 Å². The summed E-state index contributed by atoms with van der Waals surface area (Å²) < 4.78 is 13.1. The van der Waals surface area contributed by atoms with Gasteiger partial charge in [0.2, 0.25) is 0 Å². The Labute approximate surface area is 173 Å². The number of ether oxygens (including phenoxy) is 2. The van der Waals surface area contributed by atoms with Gasteiger partial charge in [0, 0.05) is 31.4 Å². The topological polar surface area (TPSA) is 51.9 Å². The third kappa shape index (κ3) is 3.76. The van der Waals surface area contributed by atoms with Gasteiger partial charge in [-0.05, 0) is 46.2 Å². The first-order valence-electron chi connectivity index (χ1n) is 9.64. The zero-order valence-corrected chi connectivity index (χ0v) is 17.0. The molecule has 6 nitrogen and oxygen atoms in total. The van der Waals surface area contributed by atoms with Crippen LogP contribution in [0.15, 0.2) is 59.4 Å². The summed E-state index contributed by atoms with van der Waals surface area (Å²) in [6, 6.07) is 14.4. The van der Waals surface area contributed by atoms with Crippen molar-refractivity contribution in [2.24, 2.45) is 0 Å². The van der Waals surface area contributed by atoms with E-state index in [0.29, 0.717) is 6.61 Å². The van der Waals surface area contributed by atoms with Crippen molar-refractivity contribution >= 4 is 16.9 Å². The molecule has 1 saturated heterocycles. The molecule has 0 spiro atoms. The van der Waals surface area contributed by atoms with Crippen LogP contribution in [0.5, 0.6) is 5.75 Å². The largest absolute Gasteiger partial charge is 0.497 e. The van der Waals surface area contributed by atoms with Crippen molar-refractivity contribution in [3.8, 4) is 16.9 Å². The van der Waals surface area contributed by atoms with Gasteiger partial charge in [0.05, 0.1) is 19.2 Å². The second-order valence-electron chi connectivity index (χ2n) is 7.18. The molecule has 148 valence electrons. The average molecular weight is 407 g/mol. The fraction of sp³-hybridized carbons (Fsp3) is 0.273. The highest BCUT2D eigenvalue weighted by atomic mass is 32.1. The van der Waals surface area contributed by atoms with Gasteiger partial charge >= 0.3 is 0 Å². The number of fused-ring (bicyclic) bond motifs is 1. The predicted octanol–water partition coefficient (Wildman–Crippen LogP) is 4.04. The first kappa shape index (κ1) is 18.3. The number of hydrogen-bond donors (Lipinski definition) is 0. The number of benzene rings is 1. The van der Waals surface area contributed by atoms with Crippen molar-refractivity contribution in [2.45, 2.75) is 12.6 Å². The number of aromatic nitrogens is 3. The summed E-state index contributed by atoms with van der Waals surface area (Å²) in [5, 5.41) is 13.1. The van der Waals surface area contributed by atoms with Crippen LogP contribution >= 0.6 is 11.3 Å². The summed E-state index contributed by atoms with van der Waals surface area (Å²) in [6.45, 7) is 3.42. The van der Waals surface area contributed by atoms with Gasteiger partial charge in [0.25, 0.3) is 0 Å². The standard InChI is InChI=1S/C22H22N4O2S/c1-27-19-5-2-17(3-6-19)18-4-7-20-22(23-24-26(20)13-18)21-14-25(9-10-28-21)12-16-8-11-29-15-16/h2-8,11,13,15,21H,9-10,12,14H2,1H3. The Morgan fingerprint density at radius 2 is 2.00 bits per heavy atom. The lowest BCUT2D eigenvalue weighted by molar-refractivity contribution is -0.0342. The van der Waals surface area contributed by atoms with E-state index in [1.807, 2.05) is 35.0 Å². The molecule has 4 aromatic rings. The predicted molar refractivity (Wildman–Crippen MR) is 113 cm³/mol. The summed E-state index contributed by atoms with van der Waals surface area (Å²) in [4.78, 5) is 2.42. The van der Waals surface area contributed by atoms with Crippen LogP contribution in [-0.4, -0.2) is 46.5 Å². The Morgan fingerprint density at radius 3 is 2.79 bits per heavy atom. The van der Waals surface area contributed by atoms with E-state index in [2.05, 4.69) is 44.2 Å². The zero-order valence-electron chi connectivity index (χ0n) is 16.2. The van der Waals surface area contributed by atoms with E-state index in [1.54, 1.807) is 18.4 Å². The Kier molecular flexibility index (Phi) is 5.01. The quantitative estimate of drug-likeness (QED) is 0.501. The van der Waals surface area contributed by atoms with E-state index in [-0.39, 0.29) is 6.10 Å². The van der Waals surface area contributed by atoms with Crippen molar-refractivity contribution in [3.05, 3.63) is 70.7 Å². The molecular formula is C22H22N4O2S. The van der Waals surface area contributed by atoms with Crippen LogP contribution in [0.3, 0.4) is 0 Å². The molecule has 5 rings (SSSR count). The van der Waals surface area contributed by atoms with Crippen LogP contribution in [0, 0.1) is 0 Å². The molecule has 1 fully saturated rings. The molecule has 0 aliphatic carbocycles. The molecule has 0 bridgehead atoms. The average Bonchev–Trinajstić information content (AvgIpc) is 3.43. The lowest BCUT2D eigenvalue weighted by Crippen LogP contribution is -2.37. The Bertz CT molecular complexity index is 1090. The molecule has 3 aromatic heterocycles. The van der Waals surface area contributed by atoms with Crippen molar-refractivity contribution in [2.75, 3.05) is 26.8 Å². The summed E-state index contributed by atoms with van der Waals surface area (Å²) in [5.41, 5.74) is 5.44. The normalized spacial score (nSPS) is 17.6. The Balaban J connectivity index is 1.37. The molecule has 4 heterocycles. The highest BCUT2D eigenvalue weighted by molar-refractivity contribution is 7.07. The molecule has 1 aliphatic heterocycles. The van der Waals surface area contributed by atoms with E-state index in [0.717, 1.165) is 47.7 Å². The molecule has 1 atom stereocenters. The van der Waals surface area contributed by atoms with Crippen LogP contribution in [0.2, 0.25) is 0 Å². The summed E-state index contributed by atoms with van der Waals surface area (Å²) in [6.07, 6.45) is 1.95. The van der Waals surface area contributed by atoms with Crippen LogP contribution in [0.4, 0.5) is 0 Å². The molecule has 0 radical (unpaired) electrons. The van der Waals surface area contributed by atoms with Gasteiger partial charge in [-0.25, -0.2) is 4.52 Å². The van der Waals surface area contributed by atoms with Gasteiger partial charge < -0.3 is 9.47 Å². The molecule has 7 heteroatoms. The van der Waals surface area contributed by atoms with Crippen LogP contribution in [-0.2, 0) is 11.3 Å². The molecular weight excluding hydrogens is 384 g/mol. The Morgan fingerprint density at radius 1 is 1.14 bits per heavy atom. The fourth-order valence-electron chi connectivity index (χ4n) is 3.75. The van der Waals surface area contributed by atoms with Crippen molar-refractivity contribution < 1.29 is 9.47 Å². The number of hydrogen-bond acceptors (Lipinski definition) is 6. The van der Waals surface area contributed by atoms with Crippen molar-refractivity contribution in [1.82, 2.24) is 19.7 Å². The third-order valence-electron chi connectivity index (χ3n) is 5.31. The molecule has 0 amide bonds. The first-order chi connectivity index (χ1) is 14.3. The molecule has 1 unspecified atom stereocenters. The Hall–Kier alpha value is -2.74. The number of thiophene rings is 1. The third-order valence-corrected chi connectivity index (χ3v) is 6.04. The summed E-state index contributed by atoms with van der Waals surface area (Å²) in [5.74, 6) is 0.847. The lowest BCUT2D eigenvalue weighted by atomic mass is 10.1. The summed E-state index contributed by atoms with van der Waals surface area (Å²) >= 11 is 1.74. The number of morpholine rings is 1. The van der Waals surface area contributed by atoms with Gasteiger partial charge in [-0.2, -0.15) is 11.3 Å². The maximum Gasteiger partial charge on any atom is 0.121 e. The molecule has 1 aromatic carbocycles. The molecule has 29 heavy (non-hydrogen) atoms. The van der Waals surface area contributed by atoms with E-state index < -0.39 is 0 Å². The smallest absolute Gasteiger partial charge is 0.121 e. The van der Waals surface area contributed by atoms with E-state index >= 15 is 0 Å². The number of nitrogens with zero attached hydrogens (tertiary/aromatic N) is 4. The molecule has 0 saturated carbocycles. The van der Waals surface area contributed by atoms with Crippen molar-refractivity contribution in [3.63, 3.8) is 0 Å². The second kappa shape index (κ2) is 7.94. The van der Waals surface area contributed by atoms with Gasteiger partial charge in [-0.15, -0.1) is 5.10 Å². The molecule has 1 aliphatic rings. The first-order valence-corrected chi connectivity index (χ1v) is 10.6. The highest BCUT2D eigenvalue weighted by Gasteiger charge is 2.26. The van der Waals surface area contributed by atoms with Gasteiger partial charge in [0.15, 0.2) is 0 Å². The maximum absolute atomic E-state index is 6.05. The number of rotatable bonds is 5. The number of methoxy groups -OCH3 is 1. The second-order valence-corrected chi connectivity index (χ2v) is 7.96. The highest BCUT2D eigenvalue weighted by Crippen LogP contribution is 2.28. The van der Waals surface area contributed by atoms with Crippen LogP contribution < -0.4 is 4.74 Å². The maximum atomic E-state index is 6.05. The van der Waals surface area contributed by atoms with E-state index in [9.17, 15) is 0 Å².